The lowest BCUT2D eigenvalue weighted by molar-refractivity contribution is -0.136. The van der Waals surface area contributed by atoms with E-state index in [-0.39, 0.29) is 18.9 Å². The molecule has 0 unspecified atom stereocenters. The number of carboxylic acids is 1. The summed E-state index contributed by atoms with van der Waals surface area (Å²) < 4.78 is 1.38. The number of nitrogens with one attached hydrogen (secondary N) is 1. The molecule has 0 aliphatic heterocycles. The van der Waals surface area contributed by atoms with Crippen molar-refractivity contribution in [3.63, 3.8) is 0 Å². The molecule has 0 aromatic carbocycles. The molecule has 0 radical (unpaired) electrons. The molecule has 2 aromatic rings. The highest BCUT2D eigenvalue weighted by Crippen LogP contribution is 2.19. The Balaban J connectivity index is 2.07. The van der Waals surface area contributed by atoms with E-state index < -0.39 is 5.97 Å². The van der Waals surface area contributed by atoms with Crippen LogP contribution in [0.3, 0.4) is 0 Å². The highest BCUT2D eigenvalue weighted by molar-refractivity contribution is 7.12. The number of amides is 1. The molecule has 2 aromatic heterocycles. The maximum absolute atomic E-state index is 11.8. The van der Waals surface area contributed by atoms with Crippen LogP contribution in [0.2, 0.25) is 0 Å². The second-order valence-electron chi connectivity index (χ2n) is 3.29. The molecule has 2 rings (SSSR count). The van der Waals surface area contributed by atoms with Crippen LogP contribution in [0.25, 0.3) is 5.69 Å². The van der Waals surface area contributed by atoms with Gasteiger partial charge < -0.3 is 10.4 Å². The fraction of sp³-hybridized carbons (Fsp3) is 0.222. The van der Waals surface area contributed by atoms with Gasteiger partial charge in [0.2, 0.25) is 0 Å². The molecule has 0 aliphatic rings. The highest BCUT2D eigenvalue weighted by atomic mass is 32.1. The van der Waals surface area contributed by atoms with E-state index in [1.54, 1.807) is 11.4 Å². The van der Waals surface area contributed by atoms with Gasteiger partial charge in [0, 0.05) is 6.54 Å². The Morgan fingerprint density at radius 2 is 2.33 bits per heavy atom. The summed E-state index contributed by atoms with van der Waals surface area (Å²) in [4.78, 5) is 22.6. The van der Waals surface area contributed by atoms with Gasteiger partial charge in [-0.3, -0.25) is 9.59 Å². The number of aromatic nitrogens is 4. The molecule has 9 heteroatoms. The number of thiophene rings is 1. The maximum atomic E-state index is 11.8. The first kappa shape index (κ1) is 12.2. The number of nitrogens with zero attached hydrogens (tertiary/aromatic N) is 4. The van der Waals surface area contributed by atoms with Gasteiger partial charge >= 0.3 is 5.97 Å². The van der Waals surface area contributed by atoms with Gasteiger partial charge in [0.05, 0.1) is 12.1 Å². The zero-order chi connectivity index (χ0) is 13.0. The molecule has 0 aliphatic carbocycles. The Morgan fingerprint density at radius 3 is 3.00 bits per heavy atom. The van der Waals surface area contributed by atoms with Crippen LogP contribution in [0.4, 0.5) is 0 Å². The van der Waals surface area contributed by atoms with Gasteiger partial charge in [-0.15, -0.1) is 16.4 Å². The van der Waals surface area contributed by atoms with Crippen LogP contribution in [0.5, 0.6) is 0 Å². The van der Waals surface area contributed by atoms with Crippen molar-refractivity contribution < 1.29 is 14.7 Å². The van der Waals surface area contributed by atoms with E-state index in [0.29, 0.717) is 10.6 Å². The normalized spacial score (nSPS) is 10.2. The van der Waals surface area contributed by atoms with Crippen LogP contribution >= 0.6 is 11.3 Å². The van der Waals surface area contributed by atoms with E-state index in [1.807, 2.05) is 0 Å². The standard InChI is InChI=1S/C9H9N5O3S/c15-7(16)1-3-10-9(17)8-6(2-4-18-8)14-5-11-12-13-14/h2,4-5H,1,3H2,(H,10,17)(H,15,16). The smallest absolute Gasteiger partial charge is 0.305 e. The second kappa shape index (κ2) is 5.36. The number of hydrogen-bond acceptors (Lipinski definition) is 6. The number of carbonyl (C=O) groups excluding carboxylic acids is 1. The quantitative estimate of drug-likeness (QED) is 0.784. The van der Waals surface area contributed by atoms with Gasteiger partial charge in [0.1, 0.15) is 11.2 Å². The summed E-state index contributed by atoms with van der Waals surface area (Å²) in [5, 5.41) is 23.4. The largest absolute Gasteiger partial charge is 0.481 e. The Kier molecular flexibility index (Phi) is 3.63. The summed E-state index contributed by atoms with van der Waals surface area (Å²) in [5.74, 6) is -1.29. The van der Waals surface area contributed by atoms with Crippen LogP contribution in [0, 0.1) is 0 Å². The lowest BCUT2D eigenvalue weighted by Gasteiger charge is -2.03. The number of rotatable bonds is 5. The van der Waals surface area contributed by atoms with Gasteiger partial charge in [-0.25, -0.2) is 0 Å². The number of carbonyl (C=O) groups is 2. The molecule has 0 bridgehead atoms. The summed E-state index contributed by atoms with van der Waals surface area (Å²) in [7, 11) is 0. The van der Waals surface area contributed by atoms with Crippen LogP contribution in [0.15, 0.2) is 17.8 Å². The first-order valence-electron chi connectivity index (χ1n) is 4.99. The van der Waals surface area contributed by atoms with E-state index in [1.165, 1.54) is 22.3 Å². The third kappa shape index (κ3) is 2.69. The van der Waals surface area contributed by atoms with Crippen LogP contribution < -0.4 is 5.32 Å². The van der Waals surface area contributed by atoms with Crippen molar-refractivity contribution in [3.05, 3.63) is 22.7 Å². The van der Waals surface area contributed by atoms with E-state index in [4.69, 9.17) is 5.11 Å². The highest BCUT2D eigenvalue weighted by Gasteiger charge is 2.15. The molecule has 94 valence electrons. The van der Waals surface area contributed by atoms with Crippen molar-refractivity contribution in [2.75, 3.05) is 6.54 Å². The van der Waals surface area contributed by atoms with E-state index in [9.17, 15) is 9.59 Å². The molecule has 0 fully saturated rings. The minimum Gasteiger partial charge on any atom is -0.481 e. The zero-order valence-electron chi connectivity index (χ0n) is 9.11. The number of hydrogen-bond donors (Lipinski definition) is 2. The van der Waals surface area contributed by atoms with Crippen molar-refractivity contribution in [2.24, 2.45) is 0 Å². The topological polar surface area (TPSA) is 110 Å². The molecule has 2 heterocycles. The molecule has 0 atom stereocenters. The lowest BCUT2D eigenvalue weighted by Crippen LogP contribution is -2.26. The molecule has 0 spiro atoms. The summed E-state index contributed by atoms with van der Waals surface area (Å²) in [6.45, 7) is 0.0844. The average Bonchev–Trinajstić information content (AvgIpc) is 2.99. The minimum atomic E-state index is -0.956. The minimum absolute atomic E-state index is 0.0844. The Labute approximate surface area is 105 Å². The third-order valence-electron chi connectivity index (χ3n) is 2.07. The fourth-order valence-corrected chi connectivity index (χ4v) is 2.08. The van der Waals surface area contributed by atoms with E-state index >= 15 is 0 Å². The number of tetrazole rings is 1. The summed E-state index contributed by atoms with van der Waals surface area (Å²) in [6, 6.07) is 1.72. The Morgan fingerprint density at radius 1 is 1.50 bits per heavy atom. The molecule has 2 N–H and O–H groups in total. The fourth-order valence-electron chi connectivity index (χ4n) is 1.29. The molecular weight excluding hydrogens is 258 g/mol. The number of carboxylic acid groups (broad SMARTS) is 1. The maximum Gasteiger partial charge on any atom is 0.305 e. The molecule has 0 saturated carbocycles. The average molecular weight is 267 g/mol. The lowest BCUT2D eigenvalue weighted by atomic mass is 10.3. The molecule has 0 saturated heterocycles. The first-order valence-corrected chi connectivity index (χ1v) is 5.87. The predicted molar refractivity (Wildman–Crippen MR) is 61.6 cm³/mol. The van der Waals surface area contributed by atoms with E-state index in [0.717, 1.165) is 0 Å². The zero-order valence-corrected chi connectivity index (χ0v) is 9.92. The van der Waals surface area contributed by atoms with E-state index in [2.05, 4.69) is 20.8 Å². The van der Waals surface area contributed by atoms with Crippen molar-refractivity contribution in [1.29, 1.82) is 0 Å². The predicted octanol–water partition coefficient (Wildman–Crippen LogP) is -0.0717. The van der Waals surface area contributed by atoms with Gasteiger partial charge in [-0.2, -0.15) is 4.68 Å². The summed E-state index contributed by atoms with van der Waals surface area (Å²) >= 11 is 1.24. The van der Waals surface area contributed by atoms with Crippen LogP contribution in [-0.2, 0) is 4.79 Å². The van der Waals surface area contributed by atoms with Crippen molar-refractivity contribution in [1.82, 2.24) is 25.5 Å². The Bertz CT molecular complexity index is 550. The summed E-state index contributed by atoms with van der Waals surface area (Å²) in [6.07, 6.45) is 1.27. The van der Waals surface area contributed by atoms with Crippen LogP contribution in [-0.4, -0.2) is 43.7 Å². The third-order valence-corrected chi connectivity index (χ3v) is 2.97. The Hall–Kier alpha value is -2.29. The van der Waals surface area contributed by atoms with Gasteiger partial charge in [0.15, 0.2) is 0 Å². The van der Waals surface area contributed by atoms with Crippen molar-refractivity contribution in [2.45, 2.75) is 6.42 Å². The monoisotopic (exact) mass is 267 g/mol. The van der Waals surface area contributed by atoms with Crippen LogP contribution in [0.1, 0.15) is 16.1 Å². The molecular formula is C9H9N5O3S. The summed E-state index contributed by atoms with van der Waals surface area (Å²) in [5.41, 5.74) is 0.567. The van der Waals surface area contributed by atoms with Crippen molar-refractivity contribution >= 4 is 23.2 Å². The molecule has 18 heavy (non-hydrogen) atoms. The van der Waals surface area contributed by atoms with Gasteiger partial charge in [0.25, 0.3) is 5.91 Å². The molecule has 1 amide bonds. The van der Waals surface area contributed by atoms with Gasteiger partial charge in [-0.05, 0) is 21.9 Å². The SMILES string of the molecule is O=C(O)CCNC(=O)c1sccc1-n1cnnn1. The number of aliphatic carboxylic acids is 1. The first-order chi connectivity index (χ1) is 8.68. The van der Waals surface area contributed by atoms with Gasteiger partial charge in [-0.1, -0.05) is 0 Å². The molecule has 8 nitrogen and oxygen atoms in total. The van der Waals surface area contributed by atoms with Crippen molar-refractivity contribution in [3.8, 4) is 5.69 Å². The second-order valence-corrected chi connectivity index (χ2v) is 4.21.